The molecule has 78 valence electrons. The van der Waals surface area contributed by atoms with Crippen molar-refractivity contribution in [1.29, 1.82) is 0 Å². The van der Waals surface area contributed by atoms with E-state index in [9.17, 15) is 4.79 Å². The first-order valence-electron chi connectivity index (χ1n) is 4.97. The summed E-state index contributed by atoms with van der Waals surface area (Å²) in [6.45, 7) is 10.6. The van der Waals surface area contributed by atoms with E-state index in [2.05, 4.69) is 20.8 Å². The lowest BCUT2D eigenvalue weighted by atomic mass is 9.74. The zero-order chi connectivity index (χ0) is 10.6. The molecule has 2 nitrogen and oxygen atoms in total. The molecule has 0 aromatic carbocycles. The molecule has 0 rings (SSSR count). The fraction of sp³-hybridized carbons (Fsp3) is 0.909. The summed E-state index contributed by atoms with van der Waals surface area (Å²) in [6, 6.07) is 0. The second kappa shape index (κ2) is 4.64. The third-order valence-corrected chi connectivity index (χ3v) is 2.77. The van der Waals surface area contributed by atoms with Crippen molar-refractivity contribution >= 4 is 5.97 Å². The predicted molar refractivity (Wildman–Crippen MR) is 54.7 cm³/mol. The lowest BCUT2D eigenvalue weighted by Gasteiger charge is -2.31. The first-order valence-corrected chi connectivity index (χ1v) is 4.97. The summed E-state index contributed by atoms with van der Waals surface area (Å²) in [4.78, 5) is 10.6. The summed E-state index contributed by atoms with van der Waals surface area (Å²) in [5.74, 6) is 0.410. The van der Waals surface area contributed by atoms with E-state index in [1.54, 1.807) is 0 Å². The van der Waals surface area contributed by atoms with Gasteiger partial charge in [0.1, 0.15) is 0 Å². The molecule has 0 amide bonds. The minimum absolute atomic E-state index is 0.0872. The van der Waals surface area contributed by atoms with Crippen molar-refractivity contribution in [3.05, 3.63) is 0 Å². The summed E-state index contributed by atoms with van der Waals surface area (Å²) in [6.07, 6.45) is 1.36. The molecule has 0 fully saturated rings. The third-order valence-electron chi connectivity index (χ3n) is 2.77. The number of carboxylic acid groups (broad SMARTS) is 1. The van der Waals surface area contributed by atoms with Gasteiger partial charge in [0.25, 0.3) is 0 Å². The van der Waals surface area contributed by atoms with E-state index >= 15 is 0 Å². The van der Waals surface area contributed by atoms with Gasteiger partial charge in [-0.3, -0.25) is 4.79 Å². The molecule has 1 atom stereocenters. The van der Waals surface area contributed by atoms with Crippen molar-refractivity contribution in [3.8, 4) is 0 Å². The number of hydrogen-bond acceptors (Lipinski definition) is 1. The molecule has 0 radical (unpaired) electrons. The summed E-state index contributed by atoms with van der Waals surface area (Å²) < 4.78 is 0. The highest BCUT2D eigenvalue weighted by Crippen LogP contribution is 2.34. The summed E-state index contributed by atoms with van der Waals surface area (Å²) in [5, 5.41) is 8.73. The largest absolute Gasteiger partial charge is 0.481 e. The first-order chi connectivity index (χ1) is 5.75. The van der Waals surface area contributed by atoms with Crippen LogP contribution in [0.1, 0.15) is 47.5 Å². The second-order valence-corrected chi connectivity index (χ2v) is 5.09. The Morgan fingerprint density at radius 1 is 1.31 bits per heavy atom. The summed E-state index contributed by atoms with van der Waals surface area (Å²) >= 11 is 0. The van der Waals surface area contributed by atoms with Crippen LogP contribution in [0, 0.1) is 17.3 Å². The topological polar surface area (TPSA) is 37.3 Å². The van der Waals surface area contributed by atoms with Gasteiger partial charge in [-0.2, -0.15) is 0 Å². The summed E-state index contributed by atoms with van der Waals surface area (Å²) in [7, 11) is 0. The maximum Gasteiger partial charge on any atom is 0.303 e. The van der Waals surface area contributed by atoms with Gasteiger partial charge in [-0.15, -0.1) is 0 Å². The highest BCUT2D eigenvalue weighted by Gasteiger charge is 2.28. The van der Waals surface area contributed by atoms with Crippen LogP contribution in [0.2, 0.25) is 0 Å². The van der Waals surface area contributed by atoms with E-state index < -0.39 is 5.97 Å². The van der Waals surface area contributed by atoms with Gasteiger partial charge < -0.3 is 5.11 Å². The Morgan fingerprint density at radius 3 is 2.08 bits per heavy atom. The quantitative estimate of drug-likeness (QED) is 0.716. The Labute approximate surface area is 81.3 Å². The molecule has 0 aromatic heterocycles. The van der Waals surface area contributed by atoms with Crippen molar-refractivity contribution < 1.29 is 9.90 Å². The molecule has 2 heteroatoms. The molecule has 0 aliphatic carbocycles. The van der Waals surface area contributed by atoms with Gasteiger partial charge in [0.2, 0.25) is 0 Å². The molecule has 13 heavy (non-hydrogen) atoms. The van der Waals surface area contributed by atoms with Gasteiger partial charge in [-0.1, -0.05) is 34.6 Å². The fourth-order valence-electron chi connectivity index (χ4n) is 1.59. The zero-order valence-corrected chi connectivity index (χ0v) is 9.42. The summed E-state index contributed by atoms with van der Waals surface area (Å²) in [5.41, 5.74) is -0.0872. The lowest BCUT2D eigenvalue weighted by molar-refractivity contribution is -0.140. The minimum Gasteiger partial charge on any atom is -0.481 e. The molecular formula is C11H22O2. The molecule has 0 bridgehead atoms. The smallest absolute Gasteiger partial charge is 0.303 e. The molecular weight excluding hydrogens is 164 g/mol. The van der Waals surface area contributed by atoms with E-state index in [4.69, 9.17) is 5.11 Å². The molecule has 0 aromatic rings. The number of carboxylic acids is 1. The van der Waals surface area contributed by atoms with E-state index in [0.29, 0.717) is 11.8 Å². The highest BCUT2D eigenvalue weighted by molar-refractivity contribution is 5.67. The van der Waals surface area contributed by atoms with Crippen LogP contribution in [0.25, 0.3) is 0 Å². The molecule has 0 saturated heterocycles. The lowest BCUT2D eigenvalue weighted by Crippen LogP contribution is -2.26. The Balaban J connectivity index is 4.17. The number of hydrogen-bond donors (Lipinski definition) is 1. The van der Waals surface area contributed by atoms with E-state index in [1.165, 1.54) is 0 Å². The SMILES string of the molecule is CC(C)CC(C)C(C)(C)CC(=O)O. The van der Waals surface area contributed by atoms with Gasteiger partial charge >= 0.3 is 5.97 Å². The minimum atomic E-state index is -0.694. The molecule has 0 saturated carbocycles. The van der Waals surface area contributed by atoms with Crippen LogP contribution in [-0.2, 0) is 4.79 Å². The van der Waals surface area contributed by atoms with Gasteiger partial charge in [-0.25, -0.2) is 0 Å². The maximum atomic E-state index is 10.6. The number of carbonyl (C=O) groups is 1. The maximum absolute atomic E-state index is 10.6. The van der Waals surface area contributed by atoms with Crippen LogP contribution in [-0.4, -0.2) is 11.1 Å². The normalized spacial score (nSPS) is 14.6. The van der Waals surface area contributed by atoms with Crippen LogP contribution >= 0.6 is 0 Å². The average molecular weight is 186 g/mol. The average Bonchev–Trinajstić information content (AvgIpc) is 1.81. The van der Waals surface area contributed by atoms with Crippen molar-refractivity contribution in [2.75, 3.05) is 0 Å². The predicted octanol–water partition coefficient (Wildman–Crippen LogP) is 3.17. The van der Waals surface area contributed by atoms with E-state index in [1.807, 2.05) is 13.8 Å². The second-order valence-electron chi connectivity index (χ2n) is 5.09. The fourth-order valence-corrected chi connectivity index (χ4v) is 1.59. The van der Waals surface area contributed by atoms with Crippen LogP contribution in [0.15, 0.2) is 0 Å². The Hall–Kier alpha value is -0.530. The standard InChI is InChI=1S/C11H22O2/c1-8(2)6-9(3)11(4,5)7-10(12)13/h8-9H,6-7H2,1-5H3,(H,12,13). The Morgan fingerprint density at radius 2 is 1.77 bits per heavy atom. The van der Waals surface area contributed by atoms with Gasteiger partial charge in [-0.05, 0) is 23.7 Å². The van der Waals surface area contributed by atoms with Gasteiger partial charge in [0.05, 0.1) is 6.42 Å². The van der Waals surface area contributed by atoms with E-state index in [-0.39, 0.29) is 11.8 Å². The van der Waals surface area contributed by atoms with Crippen LogP contribution < -0.4 is 0 Å². The van der Waals surface area contributed by atoms with Crippen LogP contribution in [0.4, 0.5) is 0 Å². The Kier molecular flexibility index (Phi) is 4.45. The first kappa shape index (κ1) is 12.5. The molecule has 0 spiro atoms. The van der Waals surface area contributed by atoms with Gasteiger partial charge in [0.15, 0.2) is 0 Å². The Bertz CT molecular complexity index is 171. The third kappa shape index (κ3) is 4.91. The molecule has 0 aliphatic rings. The zero-order valence-electron chi connectivity index (χ0n) is 9.42. The van der Waals surface area contributed by atoms with E-state index in [0.717, 1.165) is 6.42 Å². The van der Waals surface area contributed by atoms with Crippen LogP contribution in [0.3, 0.4) is 0 Å². The van der Waals surface area contributed by atoms with Gasteiger partial charge in [0, 0.05) is 0 Å². The van der Waals surface area contributed by atoms with Crippen molar-refractivity contribution in [1.82, 2.24) is 0 Å². The number of aliphatic carboxylic acids is 1. The monoisotopic (exact) mass is 186 g/mol. The molecule has 1 unspecified atom stereocenters. The molecule has 0 aliphatic heterocycles. The van der Waals surface area contributed by atoms with Crippen molar-refractivity contribution in [3.63, 3.8) is 0 Å². The molecule has 0 heterocycles. The van der Waals surface area contributed by atoms with Crippen molar-refractivity contribution in [2.45, 2.75) is 47.5 Å². The molecule has 1 N–H and O–H groups in total. The van der Waals surface area contributed by atoms with Crippen LogP contribution in [0.5, 0.6) is 0 Å². The number of rotatable bonds is 5. The highest BCUT2D eigenvalue weighted by atomic mass is 16.4. The van der Waals surface area contributed by atoms with Crippen molar-refractivity contribution in [2.24, 2.45) is 17.3 Å².